The molecule has 0 aromatic carbocycles. The number of carbonyl (C=O) groups excluding carboxylic acids is 7. The van der Waals surface area contributed by atoms with Crippen LogP contribution in [-0.4, -0.2) is 150 Å². The molecule has 0 unspecified atom stereocenters. The van der Waals surface area contributed by atoms with E-state index in [0.717, 1.165) is 0 Å². The van der Waals surface area contributed by atoms with Crippen molar-refractivity contribution >= 4 is 47.3 Å². The van der Waals surface area contributed by atoms with Gasteiger partial charge in [0, 0.05) is 0 Å². The first-order valence-corrected chi connectivity index (χ1v) is 11.7. The number of amides is 7. The van der Waals surface area contributed by atoms with Crippen molar-refractivity contribution in [2.24, 2.45) is 5.73 Å². The third-order valence-corrected chi connectivity index (χ3v) is 4.77. The molecule has 21 heteroatoms. The minimum Gasteiger partial charge on any atom is -0.480 e. The van der Waals surface area contributed by atoms with Crippen molar-refractivity contribution in [2.75, 3.05) is 52.6 Å². The van der Waals surface area contributed by atoms with Crippen molar-refractivity contribution in [1.29, 1.82) is 0 Å². The van der Waals surface area contributed by atoms with Crippen LogP contribution in [0.3, 0.4) is 0 Å². The number of hydrogen-bond donors (Lipinski definition) is 13. The fourth-order valence-electron chi connectivity index (χ4n) is 2.63. The summed E-state index contributed by atoms with van der Waals surface area (Å²) in [5.41, 5.74) is 5.09. The third-order valence-electron chi connectivity index (χ3n) is 4.77. The molecule has 0 radical (unpaired) electrons. The van der Waals surface area contributed by atoms with E-state index in [4.69, 9.17) is 21.1 Å². The predicted octanol–water partition coefficient (Wildman–Crippen LogP) is -9.71. The van der Waals surface area contributed by atoms with Crippen LogP contribution in [0.5, 0.6) is 0 Å². The Labute approximate surface area is 231 Å². The first kappa shape index (κ1) is 36.6. The number of nitrogens with two attached hydrogens (primary N) is 1. The molecule has 14 N–H and O–H groups in total. The van der Waals surface area contributed by atoms with Crippen LogP contribution in [0.25, 0.3) is 0 Å². The van der Waals surface area contributed by atoms with Gasteiger partial charge >= 0.3 is 5.97 Å². The number of aliphatic hydroxyl groups is 4. The second-order valence-corrected chi connectivity index (χ2v) is 7.91. The van der Waals surface area contributed by atoms with E-state index < -0.39 is 124 Å². The van der Waals surface area contributed by atoms with Crippen molar-refractivity contribution < 1.29 is 63.9 Å². The number of hydrogen-bond acceptors (Lipinski definition) is 13. The van der Waals surface area contributed by atoms with E-state index in [1.807, 2.05) is 16.0 Å². The van der Waals surface area contributed by atoms with Gasteiger partial charge in [-0.05, 0) is 0 Å². The summed E-state index contributed by atoms with van der Waals surface area (Å²) in [5.74, 6) is -8.26. The van der Waals surface area contributed by atoms with E-state index in [0.29, 0.717) is 0 Å². The number of nitrogens with one attached hydrogen (secondary N) is 7. The van der Waals surface area contributed by atoms with Gasteiger partial charge in [-0.25, -0.2) is 4.79 Å². The zero-order valence-electron chi connectivity index (χ0n) is 21.5. The quantitative estimate of drug-likeness (QED) is 0.0660. The van der Waals surface area contributed by atoms with Crippen LogP contribution in [0.4, 0.5) is 0 Å². The summed E-state index contributed by atoms with van der Waals surface area (Å²) in [7, 11) is 0. The van der Waals surface area contributed by atoms with E-state index >= 15 is 0 Å². The maximum absolute atomic E-state index is 12.2. The van der Waals surface area contributed by atoms with E-state index in [2.05, 4.69) is 21.3 Å². The first-order chi connectivity index (χ1) is 19.3. The summed E-state index contributed by atoms with van der Waals surface area (Å²) in [6.45, 7) is -6.29. The van der Waals surface area contributed by atoms with Crippen LogP contribution < -0.4 is 43.0 Å². The molecule has 7 amide bonds. The van der Waals surface area contributed by atoms with Crippen molar-refractivity contribution in [3.8, 4) is 0 Å². The Balaban J connectivity index is 4.68. The molecule has 41 heavy (non-hydrogen) atoms. The Bertz CT molecular complexity index is 963. The van der Waals surface area contributed by atoms with Crippen molar-refractivity contribution in [3.05, 3.63) is 0 Å². The highest BCUT2D eigenvalue weighted by molar-refractivity contribution is 5.95. The van der Waals surface area contributed by atoms with Crippen molar-refractivity contribution in [1.82, 2.24) is 37.2 Å². The average molecular weight is 595 g/mol. The molecule has 0 fully saturated rings. The minimum absolute atomic E-state index is 0.454. The van der Waals surface area contributed by atoms with Crippen LogP contribution in [0.2, 0.25) is 0 Å². The molecular formula is C20H34N8O13. The second-order valence-electron chi connectivity index (χ2n) is 7.91. The Morgan fingerprint density at radius 2 is 0.756 bits per heavy atom. The monoisotopic (exact) mass is 594 g/mol. The number of carboxylic acids is 1. The highest BCUT2D eigenvalue weighted by Gasteiger charge is 2.25. The largest absolute Gasteiger partial charge is 0.480 e. The lowest BCUT2D eigenvalue weighted by Crippen LogP contribution is -2.56. The van der Waals surface area contributed by atoms with Gasteiger partial charge in [-0.3, -0.25) is 33.6 Å². The SMILES string of the molecule is NCC(=O)N[C@@H](CO)C(=O)NCC(=O)N[C@@H](CO)C(=O)NCC(=O)N[C@@H](CO)C(=O)NCC(=O)N[C@@H](CO)C(=O)O. The Morgan fingerprint density at radius 1 is 0.488 bits per heavy atom. The van der Waals surface area contributed by atoms with E-state index in [-0.39, 0.29) is 0 Å². The van der Waals surface area contributed by atoms with E-state index in [1.54, 1.807) is 0 Å². The number of rotatable bonds is 19. The summed E-state index contributed by atoms with van der Waals surface area (Å²) >= 11 is 0. The zero-order chi connectivity index (χ0) is 31.5. The van der Waals surface area contributed by atoms with Gasteiger partial charge in [0.2, 0.25) is 41.4 Å². The Kier molecular flexibility index (Phi) is 17.5. The van der Waals surface area contributed by atoms with Gasteiger partial charge in [0.15, 0.2) is 0 Å². The first-order valence-electron chi connectivity index (χ1n) is 11.7. The molecule has 21 nitrogen and oxygen atoms in total. The van der Waals surface area contributed by atoms with E-state index in [1.165, 1.54) is 0 Å². The summed E-state index contributed by atoms with van der Waals surface area (Å²) < 4.78 is 0. The molecule has 0 aromatic rings. The topological polar surface area (TPSA) is 348 Å². The summed E-state index contributed by atoms with van der Waals surface area (Å²) in [6, 6.07) is -6.18. The Hall–Kier alpha value is -4.44. The molecule has 4 atom stereocenters. The highest BCUT2D eigenvalue weighted by atomic mass is 16.4. The molecule has 0 aliphatic carbocycles. The molecule has 0 rings (SSSR count). The minimum atomic E-state index is -1.61. The summed E-state index contributed by atoms with van der Waals surface area (Å²) in [6.07, 6.45) is 0. The number of carboxylic acid groups (broad SMARTS) is 1. The van der Waals surface area contributed by atoms with Gasteiger partial charge in [0.25, 0.3) is 0 Å². The number of aliphatic hydroxyl groups excluding tert-OH is 4. The maximum atomic E-state index is 12.2. The summed E-state index contributed by atoms with van der Waals surface area (Å²) in [4.78, 5) is 94.0. The van der Waals surface area contributed by atoms with Gasteiger partial charge in [-0.2, -0.15) is 0 Å². The van der Waals surface area contributed by atoms with Gasteiger partial charge in [-0.1, -0.05) is 0 Å². The lowest BCUT2D eigenvalue weighted by Gasteiger charge is -2.19. The van der Waals surface area contributed by atoms with Crippen molar-refractivity contribution in [3.63, 3.8) is 0 Å². The fourth-order valence-corrected chi connectivity index (χ4v) is 2.63. The molecule has 0 aliphatic heterocycles. The average Bonchev–Trinajstić information content (AvgIpc) is 2.95. The van der Waals surface area contributed by atoms with Gasteiger partial charge in [-0.15, -0.1) is 0 Å². The van der Waals surface area contributed by atoms with Crippen LogP contribution in [0, 0.1) is 0 Å². The van der Waals surface area contributed by atoms with Crippen LogP contribution in [-0.2, 0) is 38.4 Å². The van der Waals surface area contributed by atoms with Crippen LogP contribution >= 0.6 is 0 Å². The van der Waals surface area contributed by atoms with Gasteiger partial charge in [0.1, 0.15) is 24.2 Å². The second kappa shape index (κ2) is 19.6. The molecule has 0 aliphatic rings. The van der Waals surface area contributed by atoms with E-state index in [9.17, 15) is 48.6 Å². The molecule has 0 saturated carbocycles. The fraction of sp³-hybridized carbons (Fsp3) is 0.600. The molecule has 0 spiro atoms. The Morgan fingerprint density at radius 3 is 1.00 bits per heavy atom. The van der Waals surface area contributed by atoms with Gasteiger partial charge < -0.3 is 68.5 Å². The van der Waals surface area contributed by atoms with Crippen LogP contribution in [0.15, 0.2) is 0 Å². The smallest absolute Gasteiger partial charge is 0.328 e. The standard InChI is InChI=1S/C20H34N8O13/c21-1-13(33)25-9(5-29)17(37)22-2-14(34)26-10(6-30)18(38)23-3-15(35)27-11(7-31)19(39)24-4-16(36)28-12(8-32)20(40)41/h9-12,29-32H,1-8,21H2,(H,22,37)(H,23,38)(H,24,39)(H,25,33)(H,26,34)(H,27,35)(H,28,36)(H,40,41)/t9-,10-,11-,12-/m0/s1. The molecular weight excluding hydrogens is 560 g/mol. The van der Waals surface area contributed by atoms with Crippen LogP contribution in [0.1, 0.15) is 0 Å². The number of carbonyl (C=O) groups is 8. The van der Waals surface area contributed by atoms with Crippen molar-refractivity contribution in [2.45, 2.75) is 24.2 Å². The molecule has 0 heterocycles. The normalized spacial score (nSPS) is 13.3. The predicted molar refractivity (Wildman–Crippen MR) is 132 cm³/mol. The molecule has 0 bridgehead atoms. The van der Waals surface area contributed by atoms with Gasteiger partial charge in [0.05, 0.1) is 52.6 Å². The zero-order valence-corrected chi connectivity index (χ0v) is 21.5. The molecule has 0 saturated heterocycles. The third kappa shape index (κ3) is 14.5. The molecule has 232 valence electrons. The highest BCUT2D eigenvalue weighted by Crippen LogP contribution is 1.88. The summed E-state index contributed by atoms with van der Waals surface area (Å²) in [5, 5.41) is 59.8. The molecule has 0 aromatic heterocycles. The number of aliphatic carboxylic acids is 1. The maximum Gasteiger partial charge on any atom is 0.328 e. The lowest BCUT2D eigenvalue weighted by molar-refractivity contribution is -0.142. The lowest BCUT2D eigenvalue weighted by atomic mass is 10.2.